The molecule has 2 amide bonds. The van der Waals surface area contributed by atoms with Gasteiger partial charge < -0.3 is 10.2 Å². The lowest BCUT2D eigenvalue weighted by Gasteiger charge is -2.29. The van der Waals surface area contributed by atoms with Gasteiger partial charge in [0.2, 0.25) is 5.82 Å². The maximum Gasteiger partial charge on any atom is 0.290 e. The molecule has 0 atom stereocenters. The van der Waals surface area contributed by atoms with Gasteiger partial charge in [0.25, 0.3) is 11.8 Å². The standard InChI is InChI=1S/C21H21ClN4O2/c1-14-8-11-25(12-9-14)21(28)19-24-18(17-7-2-3-10-26(17)19)20(27)23-16-6-4-5-15(22)13-16/h2-7,10,13-14H,8-9,11-12H2,1H3,(H,23,27). The molecule has 2 aromatic heterocycles. The highest BCUT2D eigenvalue weighted by Gasteiger charge is 2.27. The molecule has 0 saturated carbocycles. The van der Waals surface area contributed by atoms with Crippen LogP contribution in [0, 0.1) is 5.92 Å². The Morgan fingerprint density at radius 2 is 1.93 bits per heavy atom. The highest BCUT2D eigenvalue weighted by molar-refractivity contribution is 6.31. The highest BCUT2D eigenvalue weighted by Crippen LogP contribution is 2.21. The summed E-state index contributed by atoms with van der Waals surface area (Å²) in [7, 11) is 0. The zero-order valence-electron chi connectivity index (χ0n) is 15.6. The monoisotopic (exact) mass is 396 g/mol. The largest absolute Gasteiger partial charge is 0.336 e. The minimum Gasteiger partial charge on any atom is -0.336 e. The summed E-state index contributed by atoms with van der Waals surface area (Å²) < 4.78 is 1.69. The van der Waals surface area contributed by atoms with Gasteiger partial charge in [0.15, 0.2) is 5.69 Å². The number of fused-ring (bicyclic) bond motifs is 1. The summed E-state index contributed by atoms with van der Waals surface area (Å²) in [6.45, 7) is 3.63. The van der Waals surface area contributed by atoms with E-state index in [0.29, 0.717) is 35.2 Å². The summed E-state index contributed by atoms with van der Waals surface area (Å²) in [5.74, 6) is 0.369. The number of amides is 2. The first-order chi connectivity index (χ1) is 13.5. The number of nitrogens with one attached hydrogen (secondary N) is 1. The van der Waals surface area contributed by atoms with Crippen molar-refractivity contribution in [2.24, 2.45) is 5.92 Å². The van der Waals surface area contributed by atoms with E-state index in [1.807, 2.05) is 17.0 Å². The first-order valence-electron chi connectivity index (χ1n) is 9.36. The number of nitrogens with zero attached hydrogens (tertiary/aromatic N) is 3. The molecule has 6 nitrogen and oxygen atoms in total. The van der Waals surface area contributed by atoms with E-state index in [-0.39, 0.29) is 23.3 Å². The lowest BCUT2D eigenvalue weighted by Crippen LogP contribution is -2.38. The topological polar surface area (TPSA) is 66.7 Å². The summed E-state index contributed by atoms with van der Waals surface area (Å²) >= 11 is 5.99. The summed E-state index contributed by atoms with van der Waals surface area (Å²) in [5, 5.41) is 3.33. The molecule has 0 unspecified atom stereocenters. The predicted molar refractivity (Wildman–Crippen MR) is 109 cm³/mol. The van der Waals surface area contributed by atoms with Crippen LogP contribution >= 0.6 is 11.6 Å². The van der Waals surface area contributed by atoms with E-state index < -0.39 is 0 Å². The second kappa shape index (κ2) is 7.64. The SMILES string of the molecule is CC1CCN(C(=O)c2nc(C(=O)Nc3cccc(Cl)c3)c3ccccn23)CC1. The lowest BCUT2D eigenvalue weighted by molar-refractivity contribution is 0.0684. The highest BCUT2D eigenvalue weighted by atomic mass is 35.5. The second-order valence-corrected chi connectivity index (χ2v) is 7.62. The maximum atomic E-state index is 13.1. The van der Waals surface area contributed by atoms with Gasteiger partial charge in [-0.1, -0.05) is 30.7 Å². The van der Waals surface area contributed by atoms with E-state index in [4.69, 9.17) is 11.6 Å². The van der Waals surface area contributed by atoms with E-state index in [9.17, 15) is 9.59 Å². The van der Waals surface area contributed by atoms with Gasteiger partial charge in [-0.15, -0.1) is 0 Å². The molecule has 144 valence electrons. The van der Waals surface area contributed by atoms with Crippen molar-refractivity contribution in [1.29, 1.82) is 0 Å². The number of carbonyl (C=O) groups is 2. The average molecular weight is 397 g/mol. The molecule has 0 radical (unpaired) electrons. The molecule has 1 N–H and O–H groups in total. The molecule has 1 aliphatic heterocycles. The Bertz CT molecular complexity index is 1040. The van der Waals surface area contributed by atoms with Crippen LogP contribution < -0.4 is 5.32 Å². The maximum absolute atomic E-state index is 13.1. The molecule has 1 aromatic carbocycles. The summed E-state index contributed by atoms with van der Waals surface area (Å²) in [4.78, 5) is 32.1. The molecule has 3 heterocycles. The van der Waals surface area contributed by atoms with Gasteiger partial charge in [0.1, 0.15) is 0 Å². The summed E-state index contributed by atoms with van der Waals surface area (Å²) in [6, 6.07) is 12.3. The second-order valence-electron chi connectivity index (χ2n) is 7.18. The fraction of sp³-hybridized carbons (Fsp3) is 0.286. The Hall–Kier alpha value is -2.86. The van der Waals surface area contributed by atoms with Crippen LogP contribution in [0.2, 0.25) is 5.02 Å². The third-order valence-electron chi connectivity index (χ3n) is 5.11. The van der Waals surface area contributed by atoms with Gasteiger partial charge in [0, 0.05) is 30.0 Å². The van der Waals surface area contributed by atoms with Gasteiger partial charge in [-0.25, -0.2) is 4.98 Å². The number of carbonyl (C=O) groups excluding carboxylic acids is 2. The van der Waals surface area contributed by atoms with Crippen molar-refractivity contribution in [1.82, 2.24) is 14.3 Å². The van der Waals surface area contributed by atoms with Crippen LogP contribution in [0.15, 0.2) is 48.7 Å². The van der Waals surface area contributed by atoms with E-state index in [1.165, 1.54) is 0 Å². The normalized spacial score (nSPS) is 15.0. The number of piperidine rings is 1. The van der Waals surface area contributed by atoms with Gasteiger partial charge >= 0.3 is 0 Å². The summed E-state index contributed by atoms with van der Waals surface area (Å²) in [6.07, 6.45) is 3.73. The van der Waals surface area contributed by atoms with Crippen molar-refractivity contribution in [2.75, 3.05) is 18.4 Å². The number of anilines is 1. The number of halogens is 1. The van der Waals surface area contributed by atoms with Crippen LogP contribution in [0.5, 0.6) is 0 Å². The number of likely N-dealkylation sites (tertiary alicyclic amines) is 1. The molecule has 4 rings (SSSR count). The first kappa shape index (κ1) is 18.5. The molecule has 1 aliphatic rings. The van der Waals surface area contributed by atoms with E-state index >= 15 is 0 Å². The first-order valence-corrected chi connectivity index (χ1v) is 9.74. The Labute approximate surface area is 168 Å². The van der Waals surface area contributed by atoms with Crippen LogP contribution in [0.1, 0.15) is 40.9 Å². The van der Waals surface area contributed by atoms with Crippen molar-refractivity contribution in [3.8, 4) is 0 Å². The lowest BCUT2D eigenvalue weighted by atomic mass is 9.99. The van der Waals surface area contributed by atoms with Gasteiger partial charge in [-0.2, -0.15) is 0 Å². The molecule has 3 aromatic rings. The quantitative estimate of drug-likeness (QED) is 0.724. The Kier molecular flexibility index (Phi) is 5.05. The van der Waals surface area contributed by atoms with Gasteiger partial charge in [-0.3, -0.25) is 14.0 Å². The predicted octanol–water partition coefficient (Wildman–Crippen LogP) is 4.11. The van der Waals surface area contributed by atoms with E-state index in [0.717, 1.165) is 12.8 Å². The van der Waals surface area contributed by atoms with Crippen LogP contribution in [0.25, 0.3) is 5.52 Å². The van der Waals surface area contributed by atoms with Crippen molar-refractivity contribution in [2.45, 2.75) is 19.8 Å². The van der Waals surface area contributed by atoms with Crippen LogP contribution in [-0.4, -0.2) is 39.2 Å². The Morgan fingerprint density at radius 3 is 2.68 bits per heavy atom. The fourth-order valence-corrected chi connectivity index (χ4v) is 3.66. The number of imidazole rings is 1. The van der Waals surface area contributed by atoms with Gasteiger partial charge in [-0.05, 0) is 49.1 Å². The number of benzene rings is 1. The third kappa shape index (κ3) is 3.60. The minimum absolute atomic E-state index is 0.144. The van der Waals surface area contributed by atoms with Crippen LogP contribution in [-0.2, 0) is 0 Å². The van der Waals surface area contributed by atoms with Crippen LogP contribution in [0.4, 0.5) is 5.69 Å². The molecule has 28 heavy (non-hydrogen) atoms. The number of pyridine rings is 1. The Morgan fingerprint density at radius 1 is 1.14 bits per heavy atom. The summed E-state index contributed by atoms with van der Waals surface area (Å²) in [5.41, 5.74) is 1.39. The third-order valence-corrected chi connectivity index (χ3v) is 5.34. The zero-order chi connectivity index (χ0) is 19.7. The number of hydrogen-bond donors (Lipinski definition) is 1. The molecule has 1 fully saturated rings. The van der Waals surface area contributed by atoms with Crippen molar-refractivity contribution in [3.63, 3.8) is 0 Å². The smallest absolute Gasteiger partial charge is 0.290 e. The van der Waals surface area contributed by atoms with Gasteiger partial charge in [0.05, 0.1) is 5.52 Å². The number of aromatic nitrogens is 2. The number of hydrogen-bond acceptors (Lipinski definition) is 3. The van der Waals surface area contributed by atoms with Crippen molar-refractivity contribution < 1.29 is 9.59 Å². The fourth-order valence-electron chi connectivity index (χ4n) is 3.47. The molecular weight excluding hydrogens is 376 g/mol. The zero-order valence-corrected chi connectivity index (χ0v) is 16.3. The van der Waals surface area contributed by atoms with Crippen LogP contribution in [0.3, 0.4) is 0 Å². The molecule has 1 saturated heterocycles. The van der Waals surface area contributed by atoms with E-state index in [2.05, 4.69) is 17.2 Å². The minimum atomic E-state index is -0.378. The average Bonchev–Trinajstić information content (AvgIpc) is 3.08. The molecule has 0 aliphatic carbocycles. The Balaban J connectivity index is 1.66. The molecule has 0 spiro atoms. The molecule has 7 heteroatoms. The molecule has 0 bridgehead atoms. The van der Waals surface area contributed by atoms with Crippen molar-refractivity contribution in [3.05, 3.63) is 65.2 Å². The molecular formula is C21H21ClN4O2. The van der Waals surface area contributed by atoms with Crippen molar-refractivity contribution >= 4 is 34.6 Å². The van der Waals surface area contributed by atoms with E-state index in [1.54, 1.807) is 40.9 Å². The number of rotatable bonds is 3.